The first-order chi connectivity index (χ1) is 8.74. The molecule has 0 unspecified atom stereocenters. The molecule has 0 radical (unpaired) electrons. The standard InChI is InChI=1S/C14H10N4/c15-7-8-3-2-6-18-14-11(8)12-9(16)4-1-5-10(17)13(12)14/h1-6,17-18H,16H2. The summed E-state index contributed by atoms with van der Waals surface area (Å²) in [5, 5.41) is 20.8. The summed E-state index contributed by atoms with van der Waals surface area (Å²) in [6, 6.07) is 10.9. The Labute approximate surface area is 102 Å². The number of rotatable bonds is 0. The first kappa shape index (κ1) is 10.4. The number of nitrogens with zero attached hydrogens (tertiary/aromatic N) is 1. The predicted octanol–water partition coefficient (Wildman–Crippen LogP) is 1.83. The lowest BCUT2D eigenvalue weighted by Gasteiger charge is -2.05. The van der Waals surface area contributed by atoms with E-state index in [1.165, 1.54) is 0 Å². The molecule has 4 heteroatoms. The van der Waals surface area contributed by atoms with Gasteiger partial charge in [-0.3, -0.25) is 0 Å². The van der Waals surface area contributed by atoms with Crippen molar-refractivity contribution in [2.45, 2.75) is 0 Å². The molecule has 4 nitrogen and oxygen atoms in total. The van der Waals surface area contributed by atoms with Gasteiger partial charge in [0.15, 0.2) is 0 Å². The Morgan fingerprint density at radius 1 is 1.17 bits per heavy atom. The third-order valence-corrected chi connectivity index (χ3v) is 3.07. The van der Waals surface area contributed by atoms with Crippen LogP contribution < -0.4 is 11.1 Å². The maximum absolute atomic E-state index is 9.18. The van der Waals surface area contributed by atoms with Crippen LogP contribution in [0.2, 0.25) is 0 Å². The second kappa shape index (κ2) is 3.60. The molecule has 0 fully saturated rings. The van der Waals surface area contributed by atoms with Gasteiger partial charge in [0, 0.05) is 27.9 Å². The molecular formula is C14H10N4. The van der Waals surface area contributed by atoms with Crippen molar-refractivity contribution >= 4 is 16.5 Å². The first-order valence-electron chi connectivity index (χ1n) is 5.50. The summed E-state index contributed by atoms with van der Waals surface area (Å²) >= 11 is 0. The zero-order valence-corrected chi connectivity index (χ0v) is 9.49. The number of hydrogen-bond donors (Lipinski definition) is 3. The molecule has 0 aromatic heterocycles. The summed E-state index contributed by atoms with van der Waals surface area (Å²) < 4.78 is 0. The van der Waals surface area contributed by atoms with Crippen molar-refractivity contribution in [2.24, 2.45) is 0 Å². The van der Waals surface area contributed by atoms with E-state index < -0.39 is 0 Å². The van der Waals surface area contributed by atoms with E-state index in [2.05, 4.69) is 11.1 Å². The molecule has 3 rings (SSSR count). The highest BCUT2D eigenvalue weighted by Crippen LogP contribution is 2.26. The second-order valence-corrected chi connectivity index (χ2v) is 4.09. The van der Waals surface area contributed by atoms with Crippen molar-refractivity contribution < 1.29 is 0 Å². The van der Waals surface area contributed by atoms with Crippen LogP contribution in [0, 0.1) is 27.3 Å². The van der Waals surface area contributed by atoms with E-state index in [1.54, 1.807) is 36.5 Å². The van der Waals surface area contributed by atoms with Crippen LogP contribution in [0.5, 0.6) is 0 Å². The number of hydrogen-bond acceptors (Lipinski definition) is 3. The van der Waals surface area contributed by atoms with Gasteiger partial charge in [-0.15, -0.1) is 0 Å². The summed E-state index contributed by atoms with van der Waals surface area (Å²) in [5.74, 6) is 0. The minimum absolute atomic E-state index is 0.403. The number of anilines is 1. The van der Waals surface area contributed by atoms with E-state index in [0.29, 0.717) is 16.6 Å². The van der Waals surface area contributed by atoms with Crippen LogP contribution in [0.3, 0.4) is 0 Å². The molecule has 0 atom stereocenters. The highest BCUT2D eigenvalue weighted by Gasteiger charge is 2.12. The molecule has 1 aromatic rings. The Balaban J connectivity index is 2.78. The van der Waals surface area contributed by atoms with Crippen molar-refractivity contribution in [2.75, 3.05) is 5.73 Å². The molecule has 0 saturated heterocycles. The van der Waals surface area contributed by atoms with E-state index in [9.17, 15) is 5.26 Å². The third kappa shape index (κ3) is 1.22. The van der Waals surface area contributed by atoms with Gasteiger partial charge in [0.1, 0.15) is 0 Å². The lowest BCUT2D eigenvalue weighted by atomic mass is 10.0. The molecule has 0 spiro atoms. The first-order valence-corrected chi connectivity index (χ1v) is 5.50. The van der Waals surface area contributed by atoms with E-state index >= 15 is 0 Å². The molecule has 0 bridgehead atoms. The zero-order valence-electron chi connectivity index (χ0n) is 9.49. The number of nitrogen functional groups attached to an aromatic ring is 1. The van der Waals surface area contributed by atoms with Crippen molar-refractivity contribution in [3.63, 3.8) is 0 Å². The summed E-state index contributed by atoms with van der Waals surface area (Å²) in [4.78, 5) is 3.10. The zero-order chi connectivity index (χ0) is 12.7. The normalized spacial score (nSPS) is 10.6. The van der Waals surface area contributed by atoms with Gasteiger partial charge in [0.05, 0.1) is 22.3 Å². The summed E-state index contributed by atoms with van der Waals surface area (Å²) in [5.41, 5.74) is 7.15. The summed E-state index contributed by atoms with van der Waals surface area (Å²) in [6.07, 6.45) is 1.76. The third-order valence-electron chi connectivity index (χ3n) is 3.07. The largest absolute Gasteiger partial charge is 0.398 e. The Bertz CT molecular complexity index is 915. The lowest BCUT2D eigenvalue weighted by molar-refractivity contribution is 1.24. The van der Waals surface area contributed by atoms with Crippen LogP contribution >= 0.6 is 0 Å². The minimum atomic E-state index is 0.403. The van der Waals surface area contributed by atoms with Crippen LogP contribution in [0.25, 0.3) is 10.8 Å². The maximum Gasteiger partial charge on any atom is 0.0999 e. The van der Waals surface area contributed by atoms with Gasteiger partial charge in [-0.05, 0) is 24.3 Å². The van der Waals surface area contributed by atoms with Crippen LogP contribution in [-0.4, -0.2) is 4.98 Å². The number of nitrogens with two attached hydrogens (primary N) is 1. The Hall–Kier alpha value is -2.80. The van der Waals surface area contributed by atoms with Gasteiger partial charge >= 0.3 is 0 Å². The van der Waals surface area contributed by atoms with E-state index in [4.69, 9.17) is 11.1 Å². The van der Waals surface area contributed by atoms with Crippen molar-refractivity contribution in [3.8, 4) is 6.07 Å². The number of H-pyrrole nitrogens is 1. The van der Waals surface area contributed by atoms with E-state index in [-0.39, 0.29) is 0 Å². The molecule has 0 amide bonds. The number of nitrogens with one attached hydrogen (secondary N) is 2. The predicted molar refractivity (Wildman–Crippen MR) is 68.6 cm³/mol. The smallest absolute Gasteiger partial charge is 0.0999 e. The molecular weight excluding hydrogens is 224 g/mol. The fraction of sp³-hybridized carbons (Fsp3) is 0. The molecule has 2 aliphatic rings. The maximum atomic E-state index is 9.18. The average molecular weight is 234 g/mol. The van der Waals surface area contributed by atoms with Crippen LogP contribution in [0.1, 0.15) is 5.56 Å². The van der Waals surface area contributed by atoms with Gasteiger partial charge in [-0.2, -0.15) is 5.26 Å². The van der Waals surface area contributed by atoms with E-state index in [1.807, 2.05) is 0 Å². The van der Waals surface area contributed by atoms with Crippen molar-refractivity contribution in [1.29, 1.82) is 10.7 Å². The molecule has 18 heavy (non-hydrogen) atoms. The number of aromatic nitrogens is 1. The molecule has 1 aliphatic heterocycles. The highest BCUT2D eigenvalue weighted by molar-refractivity contribution is 5.97. The van der Waals surface area contributed by atoms with Gasteiger partial charge < -0.3 is 16.1 Å². The van der Waals surface area contributed by atoms with Crippen molar-refractivity contribution in [3.05, 3.63) is 58.0 Å². The molecule has 1 aliphatic carbocycles. The Morgan fingerprint density at radius 3 is 2.78 bits per heavy atom. The molecule has 86 valence electrons. The number of fused-ring (bicyclic) bond motifs is 3. The van der Waals surface area contributed by atoms with Gasteiger partial charge in [0.2, 0.25) is 0 Å². The molecule has 4 N–H and O–H groups in total. The monoisotopic (exact) mass is 234 g/mol. The van der Waals surface area contributed by atoms with Crippen LogP contribution in [-0.2, 0) is 0 Å². The average Bonchev–Trinajstić information content (AvgIpc) is 2.56. The van der Waals surface area contributed by atoms with Gasteiger partial charge in [0.25, 0.3) is 0 Å². The Morgan fingerprint density at radius 2 is 2.00 bits per heavy atom. The molecule has 0 saturated carbocycles. The van der Waals surface area contributed by atoms with Gasteiger partial charge in [-0.1, -0.05) is 6.07 Å². The quantitative estimate of drug-likeness (QED) is 0.554. The number of nitriles is 1. The fourth-order valence-electron chi connectivity index (χ4n) is 2.28. The molecule has 1 aromatic carbocycles. The Kier molecular flexibility index (Phi) is 2.07. The fourth-order valence-corrected chi connectivity index (χ4v) is 2.28. The second-order valence-electron chi connectivity index (χ2n) is 4.09. The van der Waals surface area contributed by atoms with Gasteiger partial charge in [-0.25, -0.2) is 0 Å². The lowest BCUT2D eigenvalue weighted by Crippen LogP contribution is -2.04. The molecule has 1 heterocycles. The van der Waals surface area contributed by atoms with Crippen molar-refractivity contribution in [1.82, 2.24) is 4.98 Å². The van der Waals surface area contributed by atoms with E-state index in [0.717, 1.165) is 21.3 Å². The summed E-state index contributed by atoms with van der Waals surface area (Å²) in [6.45, 7) is 0. The topological polar surface area (TPSA) is 89.5 Å². The number of aromatic amines is 1. The van der Waals surface area contributed by atoms with Crippen LogP contribution in [0.4, 0.5) is 5.69 Å². The SMILES string of the molecule is N#Cc1ccc[nH]c2c3c(=N)cccc(N)c3c1=2. The van der Waals surface area contributed by atoms with Crippen LogP contribution in [0.15, 0.2) is 36.5 Å². The highest BCUT2D eigenvalue weighted by atomic mass is 14.7. The minimum Gasteiger partial charge on any atom is -0.398 e. The summed E-state index contributed by atoms with van der Waals surface area (Å²) in [7, 11) is 0.